The maximum atomic E-state index is 11.7. The number of benzene rings is 1. The summed E-state index contributed by atoms with van der Waals surface area (Å²) < 4.78 is 1.81. The first-order valence-corrected chi connectivity index (χ1v) is 6.40. The van der Waals surface area contributed by atoms with Crippen molar-refractivity contribution in [1.29, 1.82) is 0 Å². The summed E-state index contributed by atoms with van der Waals surface area (Å²) in [5.41, 5.74) is 3.86. The van der Waals surface area contributed by atoms with E-state index in [1.807, 2.05) is 6.20 Å². The van der Waals surface area contributed by atoms with E-state index in [0.29, 0.717) is 0 Å². The average molecular weight is 227 g/mol. The van der Waals surface area contributed by atoms with Gasteiger partial charge in [0.25, 0.3) is 0 Å². The number of aromatic nitrogens is 1. The van der Waals surface area contributed by atoms with Crippen LogP contribution in [0, 0.1) is 0 Å². The lowest BCUT2D eigenvalue weighted by atomic mass is 9.95. The predicted molar refractivity (Wildman–Crippen MR) is 69.5 cm³/mol. The number of hydrogen-bond donors (Lipinski definition) is 0. The lowest BCUT2D eigenvalue weighted by Crippen LogP contribution is -2.02. The molecule has 2 nitrogen and oxygen atoms in total. The normalized spacial score (nSPS) is 15.6. The molecule has 2 heteroatoms. The second-order valence-electron chi connectivity index (χ2n) is 4.92. The first-order chi connectivity index (χ1) is 8.27. The van der Waals surface area contributed by atoms with E-state index in [9.17, 15) is 4.79 Å². The van der Waals surface area contributed by atoms with Crippen molar-refractivity contribution >= 4 is 16.8 Å². The Kier molecular flexibility index (Phi) is 2.50. The molecular weight excluding hydrogens is 210 g/mol. The topological polar surface area (TPSA) is 22.0 Å². The van der Waals surface area contributed by atoms with Crippen LogP contribution in [0.2, 0.25) is 0 Å². The van der Waals surface area contributed by atoms with Crippen molar-refractivity contribution < 1.29 is 4.79 Å². The molecule has 0 bridgehead atoms. The summed E-state index contributed by atoms with van der Waals surface area (Å²) in [6.07, 6.45) is 8.10. The highest BCUT2D eigenvalue weighted by Crippen LogP contribution is 2.29. The van der Waals surface area contributed by atoms with Gasteiger partial charge in [0.05, 0.1) is 5.52 Å². The van der Waals surface area contributed by atoms with E-state index in [1.165, 1.54) is 35.8 Å². The smallest absolute Gasteiger partial charge is 0.227 e. The first-order valence-electron chi connectivity index (χ1n) is 6.40. The summed E-state index contributed by atoms with van der Waals surface area (Å²) >= 11 is 0. The molecule has 1 aliphatic rings. The van der Waals surface area contributed by atoms with Gasteiger partial charge in [0, 0.05) is 18.5 Å². The van der Waals surface area contributed by atoms with E-state index in [4.69, 9.17) is 0 Å². The molecule has 0 radical (unpaired) electrons. The van der Waals surface area contributed by atoms with Crippen LogP contribution >= 0.6 is 0 Å². The van der Waals surface area contributed by atoms with Crippen molar-refractivity contribution in [2.24, 2.45) is 0 Å². The molecule has 0 spiro atoms. The quantitative estimate of drug-likeness (QED) is 0.674. The SMILES string of the molecule is CC(=O)n1cc2c3c(cccc31)CCCCC2. The summed E-state index contributed by atoms with van der Waals surface area (Å²) in [5, 5.41) is 1.34. The molecular formula is C15H17NO. The molecule has 0 saturated carbocycles. The van der Waals surface area contributed by atoms with Crippen LogP contribution in [0.5, 0.6) is 0 Å². The minimum atomic E-state index is 0.109. The van der Waals surface area contributed by atoms with E-state index in [2.05, 4.69) is 18.2 Å². The number of carbonyl (C=O) groups is 1. The molecule has 0 saturated heterocycles. The minimum Gasteiger partial charge on any atom is -0.287 e. The van der Waals surface area contributed by atoms with Gasteiger partial charge in [-0.2, -0.15) is 0 Å². The maximum Gasteiger partial charge on any atom is 0.227 e. The number of rotatable bonds is 0. The highest BCUT2D eigenvalue weighted by Gasteiger charge is 2.15. The number of hydrogen-bond acceptors (Lipinski definition) is 1. The molecule has 17 heavy (non-hydrogen) atoms. The summed E-state index contributed by atoms with van der Waals surface area (Å²) in [4.78, 5) is 11.7. The van der Waals surface area contributed by atoms with Crippen LogP contribution < -0.4 is 0 Å². The third-order valence-electron chi connectivity index (χ3n) is 3.73. The molecule has 0 atom stereocenters. The summed E-state index contributed by atoms with van der Waals surface area (Å²) in [6, 6.07) is 6.34. The molecule has 0 N–H and O–H groups in total. The van der Waals surface area contributed by atoms with Crippen molar-refractivity contribution in [1.82, 2.24) is 4.57 Å². The van der Waals surface area contributed by atoms with E-state index in [-0.39, 0.29) is 5.91 Å². The average Bonchev–Trinajstić information content (AvgIpc) is 2.65. The van der Waals surface area contributed by atoms with Gasteiger partial charge >= 0.3 is 0 Å². The lowest BCUT2D eigenvalue weighted by Gasteiger charge is -2.10. The third kappa shape index (κ3) is 1.68. The Bertz CT molecular complexity index is 580. The molecule has 0 aliphatic heterocycles. The van der Waals surface area contributed by atoms with Crippen LogP contribution in [0.15, 0.2) is 24.4 Å². The van der Waals surface area contributed by atoms with E-state index in [1.54, 1.807) is 11.5 Å². The van der Waals surface area contributed by atoms with E-state index >= 15 is 0 Å². The van der Waals surface area contributed by atoms with Gasteiger partial charge in [0.15, 0.2) is 0 Å². The largest absolute Gasteiger partial charge is 0.287 e. The summed E-state index contributed by atoms with van der Waals surface area (Å²) in [6.45, 7) is 1.63. The molecule has 1 aromatic heterocycles. The van der Waals surface area contributed by atoms with Gasteiger partial charge in [-0.25, -0.2) is 0 Å². The summed E-state index contributed by atoms with van der Waals surface area (Å²) in [5.74, 6) is 0.109. The van der Waals surface area contributed by atoms with Gasteiger partial charge in [0.2, 0.25) is 5.91 Å². The van der Waals surface area contributed by atoms with Crippen molar-refractivity contribution in [3.8, 4) is 0 Å². The molecule has 2 aromatic rings. The Hall–Kier alpha value is -1.57. The van der Waals surface area contributed by atoms with Crippen LogP contribution in [-0.4, -0.2) is 10.5 Å². The van der Waals surface area contributed by atoms with E-state index < -0.39 is 0 Å². The standard InChI is InChI=1S/C15H17NO/c1-11(17)16-10-13-7-4-2-3-6-12-8-5-9-14(16)15(12)13/h5,8-10H,2-4,6-7H2,1H3. The Morgan fingerprint density at radius 2 is 1.88 bits per heavy atom. The monoisotopic (exact) mass is 227 g/mol. The van der Waals surface area contributed by atoms with E-state index in [0.717, 1.165) is 18.4 Å². The molecule has 0 amide bonds. The van der Waals surface area contributed by atoms with Gasteiger partial charge < -0.3 is 0 Å². The van der Waals surface area contributed by atoms with Gasteiger partial charge in [-0.15, -0.1) is 0 Å². The molecule has 0 fully saturated rings. The number of nitrogens with zero attached hydrogens (tertiary/aromatic N) is 1. The fourth-order valence-electron chi connectivity index (χ4n) is 2.91. The van der Waals surface area contributed by atoms with Crippen LogP contribution in [0.25, 0.3) is 10.9 Å². The zero-order valence-corrected chi connectivity index (χ0v) is 10.2. The number of carbonyl (C=O) groups excluding carboxylic acids is 1. The fraction of sp³-hybridized carbons (Fsp3) is 0.400. The third-order valence-corrected chi connectivity index (χ3v) is 3.73. The summed E-state index contributed by atoms with van der Waals surface area (Å²) in [7, 11) is 0. The molecule has 1 aromatic carbocycles. The zero-order valence-electron chi connectivity index (χ0n) is 10.2. The van der Waals surface area contributed by atoms with Crippen LogP contribution in [0.1, 0.15) is 42.1 Å². The van der Waals surface area contributed by atoms with Crippen molar-refractivity contribution in [2.75, 3.05) is 0 Å². The molecule has 1 aliphatic carbocycles. The van der Waals surface area contributed by atoms with Crippen LogP contribution in [0.4, 0.5) is 0 Å². The second-order valence-corrected chi connectivity index (χ2v) is 4.92. The van der Waals surface area contributed by atoms with Crippen LogP contribution in [-0.2, 0) is 12.8 Å². The highest BCUT2D eigenvalue weighted by atomic mass is 16.1. The van der Waals surface area contributed by atoms with Gasteiger partial charge in [-0.3, -0.25) is 9.36 Å². The minimum absolute atomic E-state index is 0.109. The maximum absolute atomic E-state index is 11.7. The molecule has 1 heterocycles. The molecule has 0 unspecified atom stereocenters. The van der Waals surface area contributed by atoms with Gasteiger partial charge in [0.1, 0.15) is 0 Å². The number of aryl methyl sites for hydroxylation is 2. The van der Waals surface area contributed by atoms with Crippen molar-refractivity contribution in [2.45, 2.75) is 39.0 Å². The Morgan fingerprint density at radius 1 is 1.12 bits per heavy atom. The second kappa shape index (κ2) is 4.02. The van der Waals surface area contributed by atoms with Crippen molar-refractivity contribution in [3.05, 3.63) is 35.5 Å². The van der Waals surface area contributed by atoms with Crippen LogP contribution in [0.3, 0.4) is 0 Å². The lowest BCUT2D eigenvalue weighted by molar-refractivity contribution is 0.0941. The molecule has 3 rings (SSSR count). The Labute approximate surface area is 101 Å². The van der Waals surface area contributed by atoms with Gasteiger partial charge in [-0.05, 0) is 42.9 Å². The Balaban J connectivity index is 2.32. The first kappa shape index (κ1) is 10.6. The zero-order chi connectivity index (χ0) is 11.8. The molecule has 88 valence electrons. The van der Waals surface area contributed by atoms with Gasteiger partial charge in [-0.1, -0.05) is 18.6 Å². The van der Waals surface area contributed by atoms with Crippen molar-refractivity contribution in [3.63, 3.8) is 0 Å². The highest BCUT2D eigenvalue weighted by molar-refractivity contribution is 5.95. The predicted octanol–water partition coefficient (Wildman–Crippen LogP) is 3.57. The Morgan fingerprint density at radius 3 is 2.65 bits per heavy atom. The fourth-order valence-corrected chi connectivity index (χ4v) is 2.91.